The first kappa shape index (κ1) is 21.3. The number of rotatable bonds is 8. The molecule has 0 spiro atoms. The van der Waals surface area contributed by atoms with Crippen LogP contribution in [0.5, 0.6) is 0 Å². The van der Waals surface area contributed by atoms with E-state index in [2.05, 4.69) is 76.2 Å². The predicted molar refractivity (Wildman–Crippen MR) is 113 cm³/mol. The van der Waals surface area contributed by atoms with Crippen molar-refractivity contribution in [3.8, 4) is 0 Å². The maximum absolute atomic E-state index is 2.66. The van der Waals surface area contributed by atoms with Crippen molar-refractivity contribution in [1.82, 2.24) is 0 Å². The summed E-state index contributed by atoms with van der Waals surface area (Å²) in [5.74, 6) is 6.17. The fraction of sp³-hybridized carbons (Fsp3) is 1.00. The molecule has 0 aromatic carbocycles. The zero-order valence-corrected chi connectivity index (χ0v) is 19.4. The smallest absolute Gasteiger partial charge is 0.0179 e. The standard InChI is InChI=1S/C25H48/c1-12-14-17(5)18(6)19(7)21-22-20(15-13-2)24(10,16(3)4)25(22,11)23(21,8)9/h16-22H,12-15H2,1-11H3. The Morgan fingerprint density at radius 1 is 0.840 bits per heavy atom. The van der Waals surface area contributed by atoms with Crippen LogP contribution < -0.4 is 0 Å². The van der Waals surface area contributed by atoms with Gasteiger partial charge in [-0.25, -0.2) is 0 Å². The molecule has 2 fully saturated rings. The average Bonchev–Trinajstić information content (AvgIpc) is 2.55. The molecule has 0 bridgehead atoms. The Kier molecular flexibility index (Phi) is 5.85. The summed E-state index contributed by atoms with van der Waals surface area (Å²) in [6.07, 6.45) is 5.51. The summed E-state index contributed by atoms with van der Waals surface area (Å²) in [5.41, 5.74) is 1.52. The number of hydrogen-bond acceptors (Lipinski definition) is 0. The Balaban J connectivity index is 2.32. The molecule has 0 aliphatic heterocycles. The van der Waals surface area contributed by atoms with E-state index in [9.17, 15) is 0 Å². The molecule has 0 amide bonds. The highest BCUT2D eigenvalue weighted by molar-refractivity contribution is 5.29. The molecule has 2 saturated carbocycles. The zero-order chi connectivity index (χ0) is 19.4. The van der Waals surface area contributed by atoms with Crippen LogP contribution in [0.4, 0.5) is 0 Å². The van der Waals surface area contributed by atoms with E-state index in [0.717, 1.165) is 41.4 Å². The molecular weight excluding hydrogens is 300 g/mol. The van der Waals surface area contributed by atoms with E-state index in [1.54, 1.807) is 0 Å². The molecule has 0 nitrogen and oxygen atoms in total. The summed E-state index contributed by atoms with van der Waals surface area (Å²) in [4.78, 5) is 0. The third-order valence-corrected chi connectivity index (χ3v) is 10.4. The van der Waals surface area contributed by atoms with Crippen molar-refractivity contribution < 1.29 is 0 Å². The SMILES string of the molecule is CCCC(C)C(C)C(C)C1C2C(CCC)C(C)(C(C)C)C2(C)C1(C)C. The van der Waals surface area contributed by atoms with E-state index >= 15 is 0 Å². The van der Waals surface area contributed by atoms with E-state index in [1.165, 1.54) is 25.7 Å². The van der Waals surface area contributed by atoms with Gasteiger partial charge < -0.3 is 0 Å². The van der Waals surface area contributed by atoms with Gasteiger partial charge in [0.15, 0.2) is 0 Å². The van der Waals surface area contributed by atoms with Crippen molar-refractivity contribution >= 4 is 0 Å². The molecular formula is C25H48. The number of fused-ring (bicyclic) bond motifs is 1. The van der Waals surface area contributed by atoms with Crippen LogP contribution in [0.15, 0.2) is 0 Å². The average molecular weight is 349 g/mol. The summed E-state index contributed by atoms with van der Waals surface area (Å²) < 4.78 is 0. The highest BCUT2D eigenvalue weighted by Gasteiger charge is 2.82. The topological polar surface area (TPSA) is 0 Å². The lowest BCUT2D eigenvalue weighted by molar-refractivity contribution is -0.395. The monoisotopic (exact) mass is 348 g/mol. The first-order valence-electron chi connectivity index (χ1n) is 11.4. The maximum Gasteiger partial charge on any atom is -0.0179 e. The van der Waals surface area contributed by atoms with Crippen LogP contribution in [0.3, 0.4) is 0 Å². The lowest BCUT2D eigenvalue weighted by Gasteiger charge is -2.86. The lowest BCUT2D eigenvalue weighted by atomic mass is 9.18. The minimum atomic E-state index is 0.473. The van der Waals surface area contributed by atoms with Gasteiger partial charge in [-0.15, -0.1) is 0 Å². The summed E-state index contributed by atoms with van der Waals surface area (Å²) in [5, 5.41) is 0. The van der Waals surface area contributed by atoms with Gasteiger partial charge in [0.25, 0.3) is 0 Å². The third-order valence-electron chi connectivity index (χ3n) is 10.4. The first-order chi connectivity index (χ1) is 11.4. The molecule has 0 radical (unpaired) electrons. The molecule has 25 heavy (non-hydrogen) atoms. The van der Waals surface area contributed by atoms with E-state index in [-0.39, 0.29) is 0 Å². The van der Waals surface area contributed by atoms with Crippen molar-refractivity contribution in [3.63, 3.8) is 0 Å². The summed E-state index contributed by atoms with van der Waals surface area (Å²) in [7, 11) is 0. The highest BCUT2D eigenvalue weighted by atomic mass is 14.9. The molecule has 0 heteroatoms. The summed E-state index contributed by atoms with van der Waals surface area (Å²) in [6, 6.07) is 0. The van der Waals surface area contributed by atoms with Gasteiger partial charge in [0.05, 0.1) is 0 Å². The molecule has 0 heterocycles. The van der Waals surface area contributed by atoms with Crippen LogP contribution in [-0.4, -0.2) is 0 Å². The molecule has 0 N–H and O–H groups in total. The fourth-order valence-corrected chi connectivity index (χ4v) is 8.22. The van der Waals surface area contributed by atoms with Crippen molar-refractivity contribution in [2.24, 2.45) is 57.7 Å². The van der Waals surface area contributed by atoms with Gasteiger partial charge >= 0.3 is 0 Å². The van der Waals surface area contributed by atoms with Crippen molar-refractivity contribution in [3.05, 3.63) is 0 Å². The molecule has 8 atom stereocenters. The van der Waals surface area contributed by atoms with Gasteiger partial charge in [0.2, 0.25) is 0 Å². The lowest BCUT2D eigenvalue weighted by Crippen LogP contribution is -2.82. The molecule has 0 aromatic rings. The van der Waals surface area contributed by atoms with E-state index in [4.69, 9.17) is 0 Å². The zero-order valence-electron chi connectivity index (χ0n) is 19.4. The van der Waals surface area contributed by atoms with E-state index < -0.39 is 0 Å². The maximum atomic E-state index is 2.66. The van der Waals surface area contributed by atoms with Crippen LogP contribution in [-0.2, 0) is 0 Å². The minimum Gasteiger partial charge on any atom is -0.0654 e. The Morgan fingerprint density at radius 3 is 1.84 bits per heavy atom. The van der Waals surface area contributed by atoms with Crippen LogP contribution in [0.2, 0.25) is 0 Å². The summed E-state index contributed by atoms with van der Waals surface area (Å²) >= 11 is 0. The van der Waals surface area contributed by atoms with Gasteiger partial charge in [0.1, 0.15) is 0 Å². The summed E-state index contributed by atoms with van der Waals surface area (Å²) in [6.45, 7) is 27.9. The van der Waals surface area contributed by atoms with Crippen LogP contribution in [0.25, 0.3) is 0 Å². The molecule has 2 rings (SSSR count). The Labute approximate surface area is 159 Å². The van der Waals surface area contributed by atoms with Gasteiger partial charge in [-0.2, -0.15) is 0 Å². The molecule has 2 aliphatic rings. The van der Waals surface area contributed by atoms with E-state index in [0.29, 0.717) is 16.2 Å². The Morgan fingerprint density at radius 2 is 1.40 bits per heavy atom. The molecule has 0 saturated heterocycles. The second-order valence-electron chi connectivity index (χ2n) is 11.3. The predicted octanol–water partition coefficient (Wildman–Crippen LogP) is 8.07. The first-order valence-corrected chi connectivity index (χ1v) is 11.4. The fourth-order valence-electron chi connectivity index (χ4n) is 8.22. The Bertz CT molecular complexity index is 461. The van der Waals surface area contributed by atoms with Gasteiger partial charge in [-0.1, -0.05) is 95.4 Å². The Hall–Kier alpha value is 0. The van der Waals surface area contributed by atoms with Crippen molar-refractivity contribution in [2.75, 3.05) is 0 Å². The molecule has 2 aliphatic carbocycles. The third kappa shape index (κ3) is 2.51. The number of hydrogen-bond donors (Lipinski definition) is 0. The minimum absolute atomic E-state index is 0.473. The largest absolute Gasteiger partial charge is 0.0654 e. The van der Waals surface area contributed by atoms with E-state index in [1.807, 2.05) is 0 Å². The van der Waals surface area contributed by atoms with Crippen LogP contribution in [0, 0.1) is 57.7 Å². The molecule has 8 unspecified atom stereocenters. The van der Waals surface area contributed by atoms with Gasteiger partial charge in [-0.3, -0.25) is 0 Å². The van der Waals surface area contributed by atoms with Gasteiger partial charge in [-0.05, 0) is 64.1 Å². The van der Waals surface area contributed by atoms with Crippen molar-refractivity contribution in [2.45, 2.75) is 102 Å². The molecule has 0 aromatic heterocycles. The van der Waals surface area contributed by atoms with Gasteiger partial charge in [0, 0.05) is 0 Å². The quantitative estimate of drug-likeness (QED) is 0.416. The van der Waals surface area contributed by atoms with Crippen LogP contribution >= 0.6 is 0 Å². The second kappa shape index (κ2) is 6.87. The van der Waals surface area contributed by atoms with Crippen LogP contribution in [0.1, 0.15) is 102 Å². The normalized spacial score (nSPS) is 43.0. The highest BCUT2D eigenvalue weighted by Crippen LogP contribution is 2.86. The van der Waals surface area contributed by atoms with Crippen molar-refractivity contribution in [1.29, 1.82) is 0 Å². The second-order valence-corrected chi connectivity index (χ2v) is 11.3. The molecule has 148 valence electrons.